The van der Waals surface area contributed by atoms with Crippen molar-refractivity contribution in [2.24, 2.45) is 0 Å². The first-order valence-corrected chi connectivity index (χ1v) is 5.81. The number of hydrogen-bond acceptors (Lipinski definition) is 3. The van der Waals surface area contributed by atoms with Crippen molar-refractivity contribution in [3.63, 3.8) is 0 Å². The van der Waals surface area contributed by atoms with Gasteiger partial charge in [0.2, 0.25) is 0 Å². The normalized spacial score (nSPS) is 14.6. The van der Waals surface area contributed by atoms with Gasteiger partial charge in [-0.3, -0.25) is 4.79 Å². The van der Waals surface area contributed by atoms with E-state index in [4.69, 9.17) is 5.11 Å². The molecule has 5 nitrogen and oxygen atoms in total. The van der Waals surface area contributed by atoms with Crippen molar-refractivity contribution in [1.29, 1.82) is 0 Å². The molecule has 0 unspecified atom stereocenters. The van der Waals surface area contributed by atoms with Gasteiger partial charge in [0.15, 0.2) is 0 Å². The van der Waals surface area contributed by atoms with Crippen LogP contribution in [-0.2, 0) is 0 Å². The Morgan fingerprint density at radius 3 is 2.50 bits per heavy atom. The molecule has 0 aliphatic carbocycles. The van der Waals surface area contributed by atoms with E-state index in [0.29, 0.717) is 5.52 Å². The summed E-state index contributed by atoms with van der Waals surface area (Å²) in [5.74, 6) is 0. The van der Waals surface area contributed by atoms with Crippen LogP contribution in [0.2, 0.25) is 0 Å². The highest BCUT2D eigenvalue weighted by Crippen LogP contribution is 2.24. The van der Waals surface area contributed by atoms with E-state index >= 15 is 0 Å². The summed E-state index contributed by atoms with van der Waals surface area (Å²) in [6, 6.07) is 8.50. The second kappa shape index (κ2) is 3.87. The third-order valence-corrected chi connectivity index (χ3v) is 3.29. The Balaban J connectivity index is 2.26. The van der Waals surface area contributed by atoms with Crippen LogP contribution in [0.15, 0.2) is 35.1 Å². The highest BCUT2D eigenvalue weighted by Gasteiger charge is 2.16. The number of carboxylic acid groups (broad SMARTS) is 1. The monoisotopic (exact) mass is 244 g/mol. The Labute approximate surface area is 103 Å². The second-order valence-corrected chi connectivity index (χ2v) is 4.37. The molecule has 0 bridgehead atoms. The van der Waals surface area contributed by atoms with Crippen LogP contribution in [0.25, 0.3) is 10.9 Å². The Bertz CT molecular complexity index is 686. The molecule has 0 spiro atoms. The van der Waals surface area contributed by atoms with Crippen molar-refractivity contribution in [3.05, 3.63) is 40.7 Å². The molecule has 1 fully saturated rings. The fraction of sp³-hybridized carbons (Fsp3) is 0.231. The molecule has 1 aliphatic heterocycles. The smallest absolute Gasteiger partial charge is 0.419 e. The predicted molar refractivity (Wildman–Crippen MR) is 68.5 cm³/mol. The molecule has 3 rings (SSSR count). The molecule has 0 amide bonds. The maximum atomic E-state index is 11.6. The molecular formula is C13H12N2O3. The van der Waals surface area contributed by atoms with Crippen molar-refractivity contribution in [2.75, 3.05) is 18.0 Å². The van der Waals surface area contributed by atoms with Crippen molar-refractivity contribution in [3.8, 4) is 0 Å². The van der Waals surface area contributed by atoms with E-state index in [1.165, 1.54) is 6.07 Å². The summed E-state index contributed by atoms with van der Waals surface area (Å²) in [6.45, 7) is 1.96. The standard InChI is InChI=1S/C13H12N2O3/c16-12-5-3-9-2-4-10(14-6-1-7-14)8-11(9)15(12)13(17)18/h2-5,8H,1,6-7H2,(H,17,18). The molecule has 2 heterocycles. The minimum absolute atomic E-state index is 0.444. The minimum Gasteiger partial charge on any atom is -0.464 e. The lowest BCUT2D eigenvalue weighted by molar-refractivity contribution is 0.196. The molecule has 1 saturated heterocycles. The van der Waals surface area contributed by atoms with Gasteiger partial charge < -0.3 is 10.0 Å². The van der Waals surface area contributed by atoms with Crippen molar-refractivity contribution in [1.82, 2.24) is 4.57 Å². The molecule has 0 atom stereocenters. The summed E-state index contributed by atoms with van der Waals surface area (Å²) in [5, 5.41) is 9.86. The topological polar surface area (TPSA) is 62.5 Å². The van der Waals surface area contributed by atoms with Gasteiger partial charge in [-0.1, -0.05) is 6.07 Å². The molecule has 1 aliphatic rings. The Kier molecular flexibility index (Phi) is 2.33. The summed E-state index contributed by atoms with van der Waals surface area (Å²) in [7, 11) is 0. The van der Waals surface area contributed by atoms with E-state index in [1.54, 1.807) is 12.1 Å². The van der Waals surface area contributed by atoms with Crippen LogP contribution in [0.5, 0.6) is 0 Å². The maximum absolute atomic E-state index is 11.6. The first-order chi connectivity index (χ1) is 8.66. The first kappa shape index (κ1) is 10.8. The maximum Gasteiger partial charge on any atom is 0.419 e. The average Bonchev–Trinajstić information content (AvgIpc) is 2.25. The third kappa shape index (κ3) is 1.55. The molecule has 0 radical (unpaired) electrons. The highest BCUT2D eigenvalue weighted by molar-refractivity contribution is 5.89. The van der Waals surface area contributed by atoms with Crippen LogP contribution >= 0.6 is 0 Å². The number of pyridine rings is 1. The van der Waals surface area contributed by atoms with Gasteiger partial charge in [0.25, 0.3) is 5.56 Å². The van der Waals surface area contributed by atoms with Gasteiger partial charge in [-0.05, 0) is 30.0 Å². The van der Waals surface area contributed by atoms with E-state index in [2.05, 4.69) is 4.90 Å². The quantitative estimate of drug-likeness (QED) is 0.830. The van der Waals surface area contributed by atoms with Gasteiger partial charge in [0.1, 0.15) is 0 Å². The molecule has 1 N–H and O–H groups in total. The molecule has 1 aromatic heterocycles. The van der Waals surface area contributed by atoms with Crippen LogP contribution in [0.4, 0.5) is 10.5 Å². The molecular weight excluding hydrogens is 232 g/mol. The molecule has 18 heavy (non-hydrogen) atoms. The summed E-state index contributed by atoms with van der Waals surface area (Å²) in [5.41, 5.74) is 0.893. The molecule has 0 saturated carbocycles. The minimum atomic E-state index is -1.24. The number of nitrogens with zero attached hydrogens (tertiary/aromatic N) is 2. The summed E-state index contributed by atoms with van der Waals surface area (Å²) in [4.78, 5) is 24.9. The van der Waals surface area contributed by atoms with Gasteiger partial charge in [-0.25, -0.2) is 9.36 Å². The number of fused-ring (bicyclic) bond motifs is 1. The Morgan fingerprint density at radius 2 is 1.89 bits per heavy atom. The second-order valence-electron chi connectivity index (χ2n) is 4.37. The van der Waals surface area contributed by atoms with Crippen LogP contribution in [0.3, 0.4) is 0 Å². The fourth-order valence-electron chi connectivity index (χ4n) is 2.19. The SMILES string of the molecule is O=C(O)n1c(=O)ccc2ccc(N3CCC3)cc21. The summed E-state index contributed by atoms with van der Waals surface area (Å²) in [6.07, 6.45) is -0.0928. The predicted octanol–water partition coefficient (Wildman–Crippen LogP) is 1.74. The van der Waals surface area contributed by atoms with Crippen molar-refractivity contribution < 1.29 is 9.90 Å². The first-order valence-electron chi connectivity index (χ1n) is 5.81. The molecule has 5 heteroatoms. The van der Waals surface area contributed by atoms with Crippen LogP contribution in [0.1, 0.15) is 6.42 Å². The number of hydrogen-bond donors (Lipinski definition) is 1. The summed E-state index contributed by atoms with van der Waals surface area (Å²) < 4.78 is 0.790. The van der Waals surface area contributed by atoms with E-state index in [-0.39, 0.29) is 0 Å². The van der Waals surface area contributed by atoms with E-state index in [9.17, 15) is 9.59 Å². The third-order valence-electron chi connectivity index (χ3n) is 3.29. The number of rotatable bonds is 1. The van der Waals surface area contributed by atoms with E-state index in [1.807, 2.05) is 12.1 Å². The van der Waals surface area contributed by atoms with Crippen molar-refractivity contribution >= 4 is 22.7 Å². The highest BCUT2D eigenvalue weighted by atomic mass is 16.4. The van der Waals surface area contributed by atoms with Crippen LogP contribution in [-0.4, -0.2) is 28.9 Å². The average molecular weight is 244 g/mol. The zero-order valence-electron chi connectivity index (χ0n) is 9.67. The van der Waals surface area contributed by atoms with Gasteiger partial charge in [0.05, 0.1) is 5.52 Å². The van der Waals surface area contributed by atoms with Gasteiger partial charge in [-0.15, -0.1) is 0 Å². The molecule has 2 aromatic rings. The van der Waals surface area contributed by atoms with Gasteiger partial charge >= 0.3 is 6.09 Å². The molecule has 1 aromatic carbocycles. The van der Waals surface area contributed by atoms with Crippen molar-refractivity contribution in [2.45, 2.75) is 6.42 Å². The zero-order valence-corrected chi connectivity index (χ0v) is 9.67. The van der Waals surface area contributed by atoms with E-state index in [0.717, 1.165) is 35.2 Å². The number of aromatic nitrogens is 1. The number of benzene rings is 1. The number of carbonyl (C=O) groups is 1. The Hall–Kier alpha value is -2.30. The molecule has 92 valence electrons. The lowest BCUT2D eigenvalue weighted by atomic mass is 10.1. The fourth-order valence-corrected chi connectivity index (χ4v) is 2.19. The zero-order chi connectivity index (χ0) is 12.7. The summed E-state index contributed by atoms with van der Waals surface area (Å²) >= 11 is 0. The van der Waals surface area contributed by atoms with Crippen LogP contribution in [0, 0.1) is 0 Å². The Morgan fingerprint density at radius 1 is 1.17 bits per heavy atom. The van der Waals surface area contributed by atoms with E-state index < -0.39 is 11.7 Å². The number of anilines is 1. The largest absolute Gasteiger partial charge is 0.464 e. The van der Waals surface area contributed by atoms with Gasteiger partial charge in [-0.2, -0.15) is 0 Å². The lowest BCUT2D eigenvalue weighted by Gasteiger charge is -2.33. The van der Waals surface area contributed by atoms with Gasteiger partial charge in [0, 0.05) is 24.8 Å². The lowest BCUT2D eigenvalue weighted by Crippen LogP contribution is -2.37. The van der Waals surface area contributed by atoms with Crippen LogP contribution < -0.4 is 10.5 Å².